The first kappa shape index (κ1) is 17.0. The Bertz CT molecular complexity index is 325. The average Bonchev–Trinajstić information content (AvgIpc) is 2.45. The predicted molar refractivity (Wildman–Crippen MR) is 78.6 cm³/mol. The number of hydrogen-bond donors (Lipinski definition) is 1. The largest absolute Gasteiger partial charge is 0.480 e. The van der Waals surface area contributed by atoms with Crippen LogP contribution in [-0.2, 0) is 9.59 Å². The zero-order valence-electron chi connectivity index (χ0n) is 13.0. The maximum Gasteiger partial charge on any atom is 0.320 e. The Balaban J connectivity index is 2.45. The molecule has 0 aromatic heterocycles. The number of carboxylic acid groups (broad SMARTS) is 1. The number of aliphatic carboxylic acids is 1. The molecule has 1 aliphatic rings. The Morgan fingerprint density at radius 3 is 2.35 bits per heavy atom. The smallest absolute Gasteiger partial charge is 0.320 e. The third kappa shape index (κ3) is 4.47. The summed E-state index contributed by atoms with van der Waals surface area (Å²) in [5.41, 5.74) is 0. The van der Waals surface area contributed by atoms with E-state index in [0.29, 0.717) is 19.5 Å². The molecular weight excluding hydrogens is 256 g/mol. The maximum absolute atomic E-state index is 12.3. The van der Waals surface area contributed by atoms with Crippen molar-refractivity contribution in [2.24, 2.45) is 5.92 Å². The number of hydrogen-bond acceptors (Lipinski definition) is 3. The minimum absolute atomic E-state index is 0.0689. The van der Waals surface area contributed by atoms with Gasteiger partial charge in [-0.05, 0) is 38.8 Å². The lowest BCUT2D eigenvalue weighted by atomic mass is 9.94. The Morgan fingerprint density at radius 1 is 1.30 bits per heavy atom. The molecule has 20 heavy (non-hydrogen) atoms. The van der Waals surface area contributed by atoms with Crippen molar-refractivity contribution in [3.05, 3.63) is 0 Å². The van der Waals surface area contributed by atoms with Gasteiger partial charge in [-0.15, -0.1) is 0 Å². The lowest BCUT2D eigenvalue weighted by molar-refractivity contribution is -0.144. The van der Waals surface area contributed by atoms with Crippen molar-refractivity contribution in [3.8, 4) is 0 Å². The number of likely N-dealkylation sites (tertiary alicyclic amines) is 1. The van der Waals surface area contributed by atoms with Gasteiger partial charge >= 0.3 is 5.97 Å². The van der Waals surface area contributed by atoms with Crippen LogP contribution in [0.4, 0.5) is 0 Å². The molecular formula is C15H28N2O3. The van der Waals surface area contributed by atoms with Crippen molar-refractivity contribution in [1.29, 1.82) is 0 Å². The van der Waals surface area contributed by atoms with Crippen LogP contribution in [-0.4, -0.2) is 59.5 Å². The molecule has 1 N–H and O–H groups in total. The number of carboxylic acids is 1. The maximum atomic E-state index is 12.3. The topological polar surface area (TPSA) is 60.9 Å². The molecule has 1 rings (SSSR count). The minimum atomic E-state index is -0.752. The van der Waals surface area contributed by atoms with Crippen molar-refractivity contribution in [2.45, 2.75) is 52.0 Å². The third-order valence-electron chi connectivity index (χ3n) is 4.21. The lowest BCUT2D eigenvalue weighted by Crippen LogP contribution is -2.47. The van der Waals surface area contributed by atoms with Gasteiger partial charge in [0, 0.05) is 19.5 Å². The normalized spacial score (nSPS) is 18.8. The van der Waals surface area contributed by atoms with E-state index in [0.717, 1.165) is 32.2 Å². The summed E-state index contributed by atoms with van der Waals surface area (Å²) in [6.45, 7) is 6.26. The summed E-state index contributed by atoms with van der Waals surface area (Å²) in [7, 11) is 1.87. The molecule has 1 unspecified atom stereocenters. The number of carbonyl (C=O) groups excluding carboxylic acids is 1. The van der Waals surface area contributed by atoms with Gasteiger partial charge in [-0.3, -0.25) is 14.5 Å². The molecule has 5 heteroatoms. The molecule has 1 heterocycles. The first-order chi connectivity index (χ1) is 9.51. The predicted octanol–water partition coefficient (Wildman–Crippen LogP) is 1.82. The quantitative estimate of drug-likeness (QED) is 0.774. The van der Waals surface area contributed by atoms with Gasteiger partial charge in [0.2, 0.25) is 5.91 Å². The second-order valence-corrected chi connectivity index (χ2v) is 5.69. The SMILES string of the molecule is CCCCN(C)C(=O)C1CCN(C(CC)C(=O)O)CC1. The summed E-state index contributed by atoms with van der Waals surface area (Å²) in [5, 5.41) is 9.17. The molecule has 0 aromatic rings. The van der Waals surface area contributed by atoms with Crippen LogP contribution in [0.2, 0.25) is 0 Å². The molecule has 1 atom stereocenters. The fourth-order valence-electron chi connectivity index (χ4n) is 2.86. The van der Waals surface area contributed by atoms with Crippen molar-refractivity contribution in [2.75, 3.05) is 26.7 Å². The van der Waals surface area contributed by atoms with Gasteiger partial charge in [0.1, 0.15) is 6.04 Å². The molecule has 0 saturated carbocycles. The molecule has 0 aliphatic carbocycles. The third-order valence-corrected chi connectivity index (χ3v) is 4.21. The van der Waals surface area contributed by atoms with E-state index in [1.54, 1.807) is 0 Å². The van der Waals surface area contributed by atoms with Crippen LogP contribution in [0.5, 0.6) is 0 Å². The zero-order valence-corrected chi connectivity index (χ0v) is 13.0. The van der Waals surface area contributed by atoms with Crippen LogP contribution in [0.3, 0.4) is 0 Å². The summed E-state index contributed by atoms with van der Waals surface area (Å²) < 4.78 is 0. The Hall–Kier alpha value is -1.10. The first-order valence-electron chi connectivity index (χ1n) is 7.73. The van der Waals surface area contributed by atoms with E-state index in [2.05, 4.69) is 6.92 Å². The van der Waals surface area contributed by atoms with E-state index in [-0.39, 0.29) is 11.8 Å². The molecule has 0 aromatic carbocycles. The van der Waals surface area contributed by atoms with Gasteiger partial charge in [-0.1, -0.05) is 20.3 Å². The summed E-state index contributed by atoms with van der Waals surface area (Å²) in [5.74, 6) is -0.460. The van der Waals surface area contributed by atoms with Gasteiger partial charge < -0.3 is 10.0 Å². The molecule has 1 amide bonds. The zero-order chi connectivity index (χ0) is 15.1. The van der Waals surface area contributed by atoms with E-state index in [1.807, 2.05) is 23.8 Å². The monoisotopic (exact) mass is 284 g/mol. The number of rotatable bonds is 7. The van der Waals surface area contributed by atoms with Crippen LogP contribution in [0.25, 0.3) is 0 Å². The van der Waals surface area contributed by atoms with E-state index in [1.165, 1.54) is 0 Å². The van der Waals surface area contributed by atoms with Crippen LogP contribution < -0.4 is 0 Å². The van der Waals surface area contributed by atoms with E-state index in [4.69, 9.17) is 5.11 Å². The van der Waals surface area contributed by atoms with E-state index in [9.17, 15) is 9.59 Å². The van der Waals surface area contributed by atoms with Crippen molar-refractivity contribution in [3.63, 3.8) is 0 Å². The highest BCUT2D eigenvalue weighted by Crippen LogP contribution is 2.22. The summed E-state index contributed by atoms with van der Waals surface area (Å²) in [6.07, 6.45) is 4.30. The number of unbranched alkanes of at least 4 members (excludes halogenated alkanes) is 1. The number of nitrogens with zero attached hydrogens (tertiary/aromatic N) is 2. The van der Waals surface area contributed by atoms with Gasteiger partial charge in [0.05, 0.1) is 0 Å². The van der Waals surface area contributed by atoms with E-state index >= 15 is 0 Å². The standard InChI is InChI=1S/C15H28N2O3/c1-4-6-9-16(3)14(18)12-7-10-17(11-8-12)13(5-2)15(19)20/h12-13H,4-11H2,1-3H3,(H,19,20). The van der Waals surface area contributed by atoms with Gasteiger partial charge in [-0.2, -0.15) is 0 Å². The van der Waals surface area contributed by atoms with Gasteiger partial charge in [-0.25, -0.2) is 0 Å². The molecule has 0 radical (unpaired) electrons. The first-order valence-corrected chi connectivity index (χ1v) is 7.73. The van der Waals surface area contributed by atoms with Crippen LogP contribution in [0.15, 0.2) is 0 Å². The highest BCUT2D eigenvalue weighted by molar-refractivity contribution is 5.78. The summed E-state index contributed by atoms with van der Waals surface area (Å²) in [4.78, 5) is 27.3. The van der Waals surface area contributed by atoms with Crippen LogP contribution in [0, 0.1) is 5.92 Å². The van der Waals surface area contributed by atoms with Crippen molar-refractivity contribution in [1.82, 2.24) is 9.80 Å². The van der Waals surface area contributed by atoms with Gasteiger partial charge in [0.25, 0.3) is 0 Å². The Labute approximate surface area is 121 Å². The van der Waals surface area contributed by atoms with Crippen LogP contribution in [0.1, 0.15) is 46.0 Å². The number of carbonyl (C=O) groups is 2. The van der Waals surface area contributed by atoms with Crippen LogP contribution >= 0.6 is 0 Å². The lowest BCUT2D eigenvalue weighted by Gasteiger charge is -2.36. The number of amides is 1. The Morgan fingerprint density at radius 2 is 1.90 bits per heavy atom. The Kier molecular flexibility index (Phi) is 6.99. The number of piperidine rings is 1. The summed E-state index contributed by atoms with van der Waals surface area (Å²) >= 11 is 0. The van der Waals surface area contributed by atoms with Gasteiger partial charge in [0.15, 0.2) is 0 Å². The molecule has 116 valence electrons. The highest BCUT2D eigenvalue weighted by atomic mass is 16.4. The summed E-state index contributed by atoms with van der Waals surface area (Å²) in [6, 6.07) is -0.399. The molecule has 5 nitrogen and oxygen atoms in total. The minimum Gasteiger partial charge on any atom is -0.480 e. The molecule has 0 spiro atoms. The van der Waals surface area contributed by atoms with Crippen molar-refractivity contribution < 1.29 is 14.7 Å². The molecule has 1 saturated heterocycles. The molecule has 1 fully saturated rings. The van der Waals surface area contributed by atoms with E-state index < -0.39 is 12.0 Å². The highest BCUT2D eigenvalue weighted by Gasteiger charge is 2.31. The second-order valence-electron chi connectivity index (χ2n) is 5.69. The average molecular weight is 284 g/mol. The van der Waals surface area contributed by atoms with Crippen molar-refractivity contribution >= 4 is 11.9 Å². The fourth-order valence-corrected chi connectivity index (χ4v) is 2.86. The fraction of sp³-hybridized carbons (Fsp3) is 0.867. The molecule has 0 bridgehead atoms. The second kappa shape index (κ2) is 8.25. The molecule has 1 aliphatic heterocycles.